The van der Waals surface area contributed by atoms with Crippen LogP contribution in [0.25, 0.3) is 10.9 Å². The zero-order valence-corrected chi connectivity index (χ0v) is 11.9. The largest absolute Gasteiger partial charge is 0.294 e. The molecule has 0 fully saturated rings. The Labute approximate surface area is 123 Å². The summed E-state index contributed by atoms with van der Waals surface area (Å²) in [6.07, 6.45) is 4.76. The molecule has 0 aliphatic heterocycles. The first kappa shape index (κ1) is 13.4. The van der Waals surface area contributed by atoms with Crippen molar-refractivity contribution >= 4 is 16.7 Å². The highest BCUT2D eigenvalue weighted by atomic mass is 16.1. The zero-order chi connectivity index (χ0) is 14.7. The summed E-state index contributed by atoms with van der Waals surface area (Å²) in [4.78, 5) is 20.7. The van der Waals surface area contributed by atoms with Crippen molar-refractivity contribution in [1.29, 1.82) is 0 Å². The Hall–Kier alpha value is -2.55. The number of hydrogen-bond acceptors (Lipinski definition) is 3. The molecule has 0 N–H and O–H groups in total. The molecule has 0 spiro atoms. The average Bonchev–Trinajstić information content (AvgIpc) is 2.53. The van der Waals surface area contributed by atoms with Crippen LogP contribution in [0.5, 0.6) is 0 Å². The summed E-state index contributed by atoms with van der Waals surface area (Å²) in [6, 6.07) is 13.6. The number of benzene rings is 1. The van der Waals surface area contributed by atoms with Gasteiger partial charge in [-0.1, -0.05) is 6.07 Å². The number of fused-ring (bicyclic) bond motifs is 1. The van der Waals surface area contributed by atoms with Crippen LogP contribution >= 0.6 is 0 Å². The number of carbonyl (C=O) groups excluding carboxylic acids is 1. The van der Waals surface area contributed by atoms with E-state index in [-0.39, 0.29) is 5.78 Å². The second-order valence-electron chi connectivity index (χ2n) is 5.14. The number of pyridine rings is 2. The fourth-order valence-electron chi connectivity index (χ4n) is 2.35. The first-order valence-electron chi connectivity index (χ1n) is 7.02. The van der Waals surface area contributed by atoms with Gasteiger partial charge in [-0.3, -0.25) is 14.8 Å². The molecule has 0 amide bonds. The van der Waals surface area contributed by atoms with Gasteiger partial charge in [0.25, 0.3) is 0 Å². The Kier molecular flexibility index (Phi) is 3.73. The molecule has 0 bridgehead atoms. The van der Waals surface area contributed by atoms with Crippen LogP contribution in [0.1, 0.15) is 28.0 Å². The molecule has 1 aromatic carbocycles. The molecule has 104 valence electrons. The van der Waals surface area contributed by atoms with Crippen LogP contribution in [0.4, 0.5) is 0 Å². The second kappa shape index (κ2) is 5.83. The van der Waals surface area contributed by atoms with Crippen LogP contribution in [0.2, 0.25) is 0 Å². The van der Waals surface area contributed by atoms with Gasteiger partial charge in [0.1, 0.15) is 0 Å². The summed E-state index contributed by atoms with van der Waals surface area (Å²) in [5.74, 6) is 0.161. The van der Waals surface area contributed by atoms with E-state index < -0.39 is 0 Å². The van der Waals surface area contributed by atoms with Crippen molar-refractivity contribution in [2.24, 2.45) is 0 Å². The SMILES string of the molecule is Cc1ccc2cc(C(=O)CCc3ccncc3)ccc2n1. The number of aryl methyl sites for hydroxylation is 2. The third-order valence-corrected chi connectivity index (χ3v) is 3.54. The van der Waals surface area contributed by atoms with Gasteiger partial charge in [-0.05, 0) is 55.3 Å². The lowest BCUT2D eigenvalue weighted by molar-refractivity contribution is 0.0983. The van der Waals surface area contributed by atoms with Gasteiger partial charge in [0.2, 0.25) is 0 Å². The lowest BCUT2D eigenvalue weighted by Crippen LogP contribution is -2.01. The lowest BCUT2D eigenvalue weighted by Gasteiger charge is -2.04. The maximum absolute atomic E-state index is 12.3. The van der Waals surface area contributed by atoms with Crippen LogP contribution < -0.4 is 0 Å². The minimum atomic E-state index is 0.161. The Bertz CT molecular complexity index is 782. The molecule has 3 rings (SSSR count). The molecule has 0 unspecified atom stereocenters. The molecule has 3 aromatic rings. The number of rotatable bonds is 4. The van der Waals surface area contributed by atoms with Gasteiger partial charge >= 0.3 is 0 Å². The van der Waals surface area contributed by atoms with Crippen LogP contribution in [-0.4, -0.2) is 15.8 Å². The number of nitrogens with zero attached hydrogens (tertiary/aromatic N) is 2. The quantitative estimate of drug-likeness (QED) is 0.681. The fourth-order valence-corrected chi connectivity index (χ4v) is 2.35. The maximum Gasteiger partial charge on any atom is 0.163 e. The number of carbonyl (C=O) groups is 1. The summed E-state index contributed by atoms with van der Waals surface area (Å²) in [5, 5.41) is 1.01. The van der Waals surface area contributed by atoms with Crippen molar-refractivity contribution in [3.63, 3.8) is 0 Å². The molecule has 3 nitrogen and oxygen atoms in total. The second-order valence-corrected chi connectivity index (χ2v) is 5.14. The predicted molar refractivity (Wildman–Crippen MR) is 83.4 cm³/mol. The average molecular weight is 276 g/mol. The van der Waals surface area contributed by atoms with E-state index in [1.54, 1.807) is 12.4 Å². The van der Waals surface area contributed by atoms with Gasteiger partial charge < -0.3 is 0 Å². The topological polar surface area (TPSA) is 42.9 Å². The zero-order valence-electron chi connectivity index (χ0n) is 11.9. The van der Waals surface area contributed by atoms with Crippen molar-refractivity contribution in [3.05, 3.63) is 71.7 Å². The van der Waals surface area contributed by atoms with Crippen molar-refractivity contribution in [1.82, 2.24) is 9.97 Å². The van der Waals surface area contributed by atoms with Crippen LogP contribution in [0.3, 0.4) is 0 Å². The summed E-state index contributed by atoms with van der Waals surface area (Å²) < 4.78 is 0. The van der Waals surface area contributed by atoms with Gasteiger partial charge in [-0.15, -0.1) is 0 Å². The van der Waals surface area contributed by atoms with Crippen LogP contribution in [0.15, 0.2) is 54.9 Å². The minimum absolute atomic E-state index is 0.161. The maximum atomic E-state index is 12.3. The van der Waals surface area contributed by atoms with E-state index in [1.807, 2.05) is 49.4 Å². The summed E-state index contributed by atoms with van der Waals surface area (Å²) >= 11 is 0. The van der Waals surface area contributed by atoms with Crippen molar-refractivity contribution in [3.8, 4) is 0 Å². The van der Waals surface area contributed by atoms with Gasteiger partial charge in [0.15, 0.2) is 5.78 Å². The standard InChI is InChI=1S/C18H16N2O/c1-13-2-4-15-12-16(5-6-17(15)20-13)18(21)7-3-14-8-10-19-11-9-14/h2,4-6,8-12H,3,7H2,1H3. The molecule has 0 atom stereocenters. The molecule has 0 radical (unpaired) electrons. The van der Waals surface area contributed by atoms with Gasteiger partial charge in [-0.2, -0.15) is 0 Å². The highest BCUT2D eigenvalue weighted by Gasteiger charge is 2.07. The first-order valence-corrected chi connectivity index (χ1v) is 7.02. The van der Waals surface area contributed by atoms with E-state index >= 15 is 0 Å². The molecule has 0 saturated heterocycles. The van der Waals surface area contributed by atoms with Crippen LogP contribution in [0, 0.1) is 6.92 Å². The van der Waals surface area contributed by atoms with Crippen molar-refractivity contribution in [2.45, 2.75) is 19.8 Å². The summed E-state index contributed by atoms with van der Waals surface area (Å²) in [5.41, 5.74) is 3.80. The molecular weight excluding hydrogens is 260 g/mol. The Morgan fingerprint density at radius 1 is 1.05 bits per heavy atom. The predicted octanol–water partition coefficient (Wildman–Crippen LogP) is 3.75. The Balaban J connectivity index is 1.77. The van der Waals surface area contributed by atoms with E-state index in [0.717, 1.165) is 34.1 Å². The van der Waals surface area contributed by atoms with Crippen molar-refractivity contribution < 1.29 is 4.79 Å². The van der Waals surface area contributed by atoms with Gasteiger partial charge in [0, 0.05) is 35.5 Å². The number of Topliss-reactive ketones (excluding diaryl/α,β-unsaturated/α-hetero) is 1. The highest BCUT2D eigenvalue weighted by Crippen LogP contribution is 2.16. The molecule has 21 heavy (non-hydrogen) atoms. The molecular formula is C18H16N2O. The Morgan fingerprint density at radius 2 is 1.86 bits per heavy atom. The first-order chi connectivity index (χ1) is 10.2. The third kappa shape index (κ3) is 3.14. The number of hydrogen-bond donors (Lipinski definition) is 0. The summed E-state index contributed by atoms with van der Waals surface area (Å²) in [6.45, 7) is 1.97. The fraction of sp³-hybridized carbons (Fsp3) is 0.167. The monoisotopic (exact) mass is 276 g/mol. The normalized spacial score (nSPS) is 10.7. The molecule has 3 heteroatoms. The molecule has 2 aromatic heterocycles. The Morgan fingerprint density at radius 3 is 2.67 bits per heavy atom. The highest BCUT2D eigenvalue weighted by molar-refractivity contribution is 5.99. The third-order valence-electron chi connectivity index (χ3n) is 3.54. The molecule has 0 saturated carbocycles. The van der Waals surface area contributed by atoms with Gasteiger partial charge in [-0.25, -0.2) is 0 Å². The van der Waals surface area contributed by atoms with E-state index in [9.17, 15) is 4.79 Å². The molecule has 2 heterocycles. The number of ketones is 1. The minimum Gasteiger partial charge on any atom is -0.294 e. The van der Waals surface area contributed by atoms with Crippen molar-refractivity contribution in [2.75, 3.05) is 0 Å². The summed E-state index contributed by atoms with van der Waals surface area (Å²) in [7, 11) is 0. The molecule has 0 aliphatic carbocycles. The van der Waals surface area contributed by atoms with E-state index in [4.69, 9.17) is 0 Å². The van der Waals surface area contributed by atoms with E-state index in [2.05, 4.69) is 9.97 Å². The van der Waals surface area contributed by atoms with Gasteiger partial charge in [0.05, 0.1) is 5.52 Å². The lowest BCUT2D eigenvalue weighted by atomic mass is 10.0. The molecule has 0 aliphatic rings. The van der Waals surface area contributed by atoms with Crippen LogP contribution in [-0.2, 0) is 6.42 Å². The smallest absolute Gasteiger partial charge is 0.163 e. The van der Waals surface area contributed by atoms with E-state index in [1.165, 1.54) is 0 Å². The number of aromatic nitrogens is 2. The van der Waals surface area contributed by atoms with E-state index in [0.29, 0.717) is 6.42 Å².